The van der Waals surface area contributed by atoms with Gasteiger partial charge in [-0.2, -0.15) is 0 Å². The zero-order chi connectivity index (χ0) is 9.26. The van der Waals surface area contributed by atoms with Crippen LogP contribution in [0.1, 0.15) is 11.3 Å². The Morgan fingerprint density at radius 1 is 1.23 bits per heavy atom. The third-order valence-electron chi connectivity index (χ3n) is 2.11. The van der Waals surface area contributed by atoms with Crippen molar-refractivity contribution in [2.24, 2.45) is 0 Å². The second-order valence-electron chi connectivity index (χ2n) is 3.07. The smallest absolute Gasteiger partial charge is 0.0708 e. The number of halogens is 1. The summed E-state index contributed by atoms with van der Waals surface area (Å²) in [6, 6.07) is 10.1. The molecule has 0 N–H and O–H groups in total. The molecule has 66 valence electrons. The Labute approximate surface area is 82.4 Å². The molecular formula is C11H10ClN. The average Bonchev–Trinajstić information content (AvgIpc) is 2.16. The summed E-state index contributed by atoms with van der Waals surface area (Å²) in [6.07, 6.45) is 0. The Balaban J connectivity index is 2.77. The first-order valence-corrected chi connectivity index (χ1v) is 4.76. The molecule has 1 aromatic heterocycles. The standard InChI is InChI=1S/C11H10ClN/c1-8-5-6-10-9(7-12)3-2-4-11(10)13-8/h2-6H,7H2,1H3. The third kappa shape index (κ3) is 1.52. The zero-order valence-electron chi connectivity index (χ0n) is 7.42. The number of aromatic nitrogens is 1. The molecule has 0 unspecified atom stereocenters. The number of benzene rings is 1. The van der Waals surface area contributed by atoms with Crippen molar-refractivity contribution in [3.05, 3.63) is 41.6 Å². The van der Waals surface area contributed by atoms with Crippen molar-refractivity contribution in [2.75, 3.05) is 0 Å². The first-order valence-electron chi connectivity index (χ1n) is 4.22. The number of fused-ring (bicyclic) bond motifs is 1. The predicted molar refractivity (Wildman–Crippen MR) is 56.0 cm³/mol. The molecule has 1 heterocycles. The molecule has 1 aromatic carbocycles. The van der Waals surface area contributed by atoms with Gasteiger partial charge in [0.05, 0.1) is 5.52 Å². The summed E-state index contributed by atoms with van der Waals surface area (Å²) in [6.45, 7) is 1.99. The van der Waals surface area contributed by atoms with E-state index in [4.69, 9.17) is 11.6 Å². The maximum atomic E-state index is 5.82. The topological polar surface area (TPSA) is 12.9 Å². The van der Waals surface area contributed by atoms with Crippen LogP contribution in [0.5, 0.6) is 0 Å². The van der Waals surface area contributed by atoms with Gasteiger partial charge in [-0.25, -0.2) is 0 Å². The van der Waals surface area contributed by atoms with E-state index in [9.17, 15) is 0 Å². The van der Waals surface area contributed by atoms with E-state index in [-0.39, 0.29) is 0 Å². The highest BCUT2D eigenvalue weighted by Crippen LogP contribution is 2.18. The van der Waals surface area contributed by atoms with Crippen molar-refractivity contribution < 1.29 is 0 Å². The first-order chi connectivity index (χ1) is 6.31. The van der Waals surface area contributed by atoms with Crippen LogP contribution in [0.3, 0.4) is 0 Å². The van der Waals surface area contributed by atoms with E-state index in [1.807, 2.05) is 31.2 Å². The molecule has 0 saturated heterocycles. The summed E-state index contributed by atoms with van der Waals surface area (Å²) in [4.78, 5) is 4.43. The zero-order valence-corrected chi connectivity index (χ0v) is 8.17. The van der Waals surface area contributed by atoms with Crippen molar-refractivity contribution in [3.63, 3.8) is 0 Å². The fraction of sp³-hybridized carbons (Fsp3) is 0.182. The molecule has 0 spiro atoms. The molecule has 0 amide bonds. The minimum atomic E-state index is 0.544. The van der Waals surface area contributed by atoms with E-state index >= 15 is 0 Å². The largest absolute Gasteiger partial charge is 0.253 e. The Bertz CT molecular complexity index is 437. The van der Waals surface area contributed by atoms with Crippen molar-refractivity contribution in [3.8, 4) is 0 Å². The lowest BCUT2D eigenvalue weighted by molar-refractivity contribution is 1.25. The molecule has 2 aromatic rings. The van der Waals surface area contributed by atoms with Crippen LogP contribution in [0.4, 0.5) is 0 Å². The van der Waals surface area contributed by atoms with Crippen molar-refractivity contribution in [2.45, 2.75) is 12.8 Å². The van der Waals surface area contributed by atoms with E-state index in [0.717, 1.165) is 22.2 Å². The Kier molecular flexibility index (Phi) is 2.19. The van der Waals surface area contributed by atoms with Crippen LogP contribution in [-0.2, 0) is 5.88 Å². The van der Waals surface area contributed by atoms with Gasteiger partial charge in [-0.3, -0.25) is 4.98 Å². The monoisotopic (exact) mass is 191 g/mol. The summed E-state index contributed by atoms with van der Waals surface area (Å²) >= 11 is 5.82. The van der Waals surface area contributed by atoms with Crippen LogP contribution in [0, 0.1) is 6.92 Å². The molecule has 0 atom stereocenters. The fourth-order valence-electron chi connectivity index (χ4n) is 1.44. The molecule has 2 rings (SSSR count). The van der Waals surface area contributed by atoms with E-state index < -0.39 is 0 Å². The van der Waals surface area contributed by atoms with Gasteiger partial charge in [0, 0.05) is 17.0 Å². The van der Waals surface area contributed by atoms with E-state index in [1.165, 1.54) is 0 Å². The van der Waals surface area contributed by atoms with Gasteiger partial charge in [0.2, 0.25) is 0 Å². The number of hydrogen-bond donors (Lipinski definition) is 0. The van der Waals surface area contributed by atoms with Gasteiger partial charge in [0.25, 0.3) is 0 Å². The molecule has 0 aliphatic carbocycles. The number of alkyl halides is 1. The van der Waals surface area contributed by atoms with E-state index in [2.05, 4.69) is 11.1 Å². The van der Waals surface area contributed by atoms with E-state index in [0.29, 0.717) is 5.88 Å². The maximum Gasteiger partial charge on any atom is 0.0708 e. The molecular weight excluding hydrogens is 182 g/mol. The summed E-state index contributed by atoms with van der Waals surface area (Å²) in [5.74, 6) is 0.544. The molecule has 13 heavy (non-hydrogen) atoms. The van der Waals surface area contributed by atoms with E-state index in [1.54, 1.807) is 0 Å². The van der Waals surface area contributed by atoms with Gasteiger partial charge < -0.3 is 0 Å². The molecule has 0 aliphatic rings. The Hall–Kier alpha value is -1.08. The van der Waals surface area contributed by atoms with Crippen LogP contribution >= 0.6 is 11.6 Å². The summed E-state index contributed by atoms with van der Waals surface area (Å²) in [5.41, 5.74) is 3.21. The number of rotatable bonds is 1. The fourth-order valence-corrected chi connectivity index (χ4v) is 1.67. The molecule has 2 heteroatoms. The number of aryl methyl sites for hydroxylation is 1. The van der Waals surface area contributed by atoms with Gasteiger partial charge in [-0.1, -0.05) is 18.2 Å². The highest BCUT2D eigenvalue weighted by molar-refractivity contribution is 6.18. The molecule has 0 saturated carbocycles. The van der Waals surface area contributed by atoms with Crippen LogP contribution < -0.4 is 0 Å². The molecule has 0 radical (unpaired) electrons. The average molecular weight is 192 g/mol. The SMILES string of the molecule is Cc1ccc2c(CCl)cccc2n1. The lowest BCUT2D eigenvalue weighted by atomic mass is 10.1. The quantitative estimate of drug-likeness (QED) is 0.631. The predicted octanol–water partition coefficient (Wildman–Crippen LogP) is 3.28. The second kappa shape index (κ2) is 3.35. The van der Waals surface area contributed by atoms with Crippen LogP contribution in [0.25, 0.3) is 10.9 Å². The third-order valence-corrected chi connectivity index (χ3v) is 2.39. The van der Waals surface area contributed by atoms with Gasteiger partial charge in [-0.15, -0.1) is 11.6 Å². The van der Waals surface area contributed by atoms with Crippen molar-refractivity contribution in [1.82, 2.24) is 4.98 Å². The van der Waals surface area contributed by atoms with Gasteiger partial charge in [0.1, 0.15) is 0 Å². The van der Waals surface area contributed by atoms with Crippen LogP contribution in [-0.4, -0.2) is 4.98 Å². The van der Waals surface area contributed by atoms with Gasteiger partial charge >= 0.3 is 0 Å². The highest BCUT2D eigenvalue weighted by Gasteiger charge is 1.99. The minimum absolute atomic E-state index is 0.544. The maximum absolute atomic E-state index is 5.82. The lowest BCUT2D eigenvalue weighted by Gasteiger charge is -2.02. The number of hydrogen-bond acceptors (Lipinski definition) is 1. The summed E-state index contributed by atoms with van der Waals surface area (Å²) < 4.78 is 0. The summed E-state index contributed by atoms with van der Waals surface area (Å²) in [7, 11) is 0. The molecule has 1 nitrogen and oxygen atoms in total. The minimum Gasteiger partial charge on any atom is -0.253 e. The Morgan fingerprint density at radius 3 is 2.85 bits per heavy atom. The number of nitrogens with zero attached hydrogens (tertiary/aromatic N) is 1. The Morgan fingerprint density at radius 2 is 2.08 bits per heavy atom. The van der Waals surface area contributed by atoms with Gasteiger partial charge in [0.15, 0.2) is 0 Å². The molecule has 0 fully saturated rings. The first kappa shape index (κ1) is 8.52. The molecule has 0 bridgehead atoms. The highest BCUT2D eigenvalue weighted by atomic mass is 35.5. The van der Waals surface area contributed by atoms with Gasteiger partial charge in [-0.05, 0) is 24.6 Å². The normalized spacial score (nSPS) is 10.6. The van der Waals surface area contributed by atoms with Crippen LogP contribution in [0.2, 0.25) is 0 Å². The number of pyridine rings is 1. The second-order valence-corrected chi connectivity index (χ2v) is 3.34. The van der Waals surface area contributed by atoms with Crippen molar-refractivity contribution in [1.29, 1.82) is 0 Å². The van der Waals surface area contributed by atoms with Crippen molar-refractivity contribution >= 4 is 22.5 Å². The molecule has 0 aliphatic heterocycles. The van der Waals surface area contributed by atoms with Crippen LogP contribution in [0.15, 0.2) is 30.3 Å². The lowest BCUT2D eigenvalue weighted by Crippen LogP contribution is -1.86. The summed E-state index contributed by atoms with van der Waals surface area (Å²) in [5, 5.41) is 1.16.